The number of amides is 1. The minimum Gasteiger partial charge on any atom is -0.486 e. The molecule has 0 fully saturated rings. The second kappa shape index (κ2) is 9.06. The smallest absolute Gasteiger partial charge is 0.251 e. The van der Waals surface area contributed by atoms with Crippen LogP contribution in [0.3, 0.4) is 0 Å². The number of aryl methyl sites for hydroxylation is 1. The quantitative estimate of drug-likeness (QED) is 0.546. The van der Waals surface area contributed by atoms with Gasteiger partial charge in [-0.05, 0) is 48.7 Å². The molecule has 3 aromatic rings. The van der Waals surface area contributed by atoms with E-state index in [2.05, 4.69) is 20.6 Å². The fourth-order valence-electron chi connectivity index (χ4n) is 3.44. The van der Waals surface area contributed by atoms with Gasteiger partial charge in [0.1, 0.15) is 12.4 Å². The van der Waals surface area contributed by atoms with Crippen LogP contribution in [-0.2, 0) is 19.6 Å². The molecule has 3 N–H and O–H groups in total. The standard InChI is InChI=1S/C22H24N4O4/c1-14-21(30-13-26-14)12-29-18-3-2-16-9-19(24-10-17(16)8-18)20(27)11-25-22(28)15-4-6-23-7-5-15/h2-8,13,19-20,24,27H,9-12H2,1H3,(H,25,28)/t19-,20+/m0/s1. The second-order valence-electron chi connectivity index (χ2n) is 7.28. The molecule has 2 atom stereocenters. The molecule has 0 saturated carbocycles. The van der Waals surface area contributed by atoms with Gasteiger partial charge in [-0.2, -0.15) is 0 Å². The number of fused-ring (bicyclic) bond motifs is 1. The van der Waals surface area contributed by atoms with Gasteiger partial charge < -0.3 is 24.9 Å². The van der Waals surface area contributed by atoms with Crippen molar-refractivity contribution in [2.75, 3.05) is 6.54 Å². The van der Waals surface area contributed by atoms with E-state index in [1.165, 1.54) is 6.39 Å². The Kier molecular flexibility index (Phi) is 6.06. The highest BCUT2D eigenvalue weighted by atomic mass is 16.5. The summed E-state index contributed by atoms with van der Waals surface area (Å²) in [6, 6.07) is 9.08. The maximum Gasteiger partial charge on any atom is 0.251 e. The minimum absolute atomic E-state index is 0.140. The first-order valence-corrected chi connectivity index (χ1v) is 9.83. The first-order valence-electron chi connectivity index (χ1n) is 9.83. The Bertz CT molecular complexity index is 1010. The van der Waals surface area contributed by atoms with Crippen molar-refractivity contribution >= 4 is 5.91 Å². The number of nitrogens with zero attached hydrogens (tertiary/aromatic N) is 2. The average Bonchev–Trinajstić information content (AvgIpc) is 3.20. The summed E-state index contributed by atoms with van der Waals surface area (Å²) in [6.07, 6.45) is 4.51. The number of hydrogen-bond acceptors (Lipinski definition) is 7. The maximum absolute atomic E-state index is 12.1. The van der Waals surface area contributed by atoms with E-state index in [1.807, 2.05) is 25.1 Å². The van der Waals surface area contributed by atoms with Crippen molar-refractivity contribution in [1.29, 1.82) is 0 Å². The molecule has 0 radical (unpaired) electrons. The van der Waals surface area contributed by atoms with Crippen LogP contribution in [0.4, 0.5) is 0 Å². The molecule has 0 unspecified atom stereocenters. The lowest BCUT2D eigenvalue weighted by Gasteiger charge is -2.30. The van der Waals surface area contributed by atoms with E-state index in [0.29, 0.717) is 30.9 Å². The molecular formula is C22H24N4O4. The van der Waals surface area contributed by atoms with E-state index >= 15 is 0 Å². The van der Waals surface area contributed by atoms with E-state index in [-0.39, 0.29) is 18.5 Å². The molecule has 0 spiro atoms. The number of carbonyl (C=O) groups is 1. The van der Waals surface area contributed by atoms with Gasteiger partial charge in [0.15, 0.2) is 12.2 Å². The summed E-state index contributed by atoms with van der Waals surface area (Å²) in [5.41, 5.74) is 3.63. The lowest BCUT2D eigenvalue weighted by atomic mass is 9.92. The number of oxazole rings is 1. The monoisotopic (exact) mass is 408 g/mol. The minimum atomic E-state index is -0.700. The van der Waals surface area contributed by atoms with Crippen LogP contribution in [0.25, 0.3) is 0 Å². The van der Waals surface area contributed by atoms with Crippen molar-refractivity contribution < 1.29 is 19.1 Å². The van der Waals surface area contributed by atoms with Gasteiger partial charge in [-0.15, -0.1) is 0 Å². The highest BCUT2D eigenvalue weighted by Crippen LogP contribution is 2.24. The average molecular weight is 408 g/mol. The highest BCUT2D eigenvalue weighted by Gasteiger charge is 2.25. The molecule has 8 heteroatoms. The Balaban J connectivity index is 1.31. The molecule has 30 heavy (non-hydrogen) atoms. The summed E-state index contributed by atoms with van der Waals surface area (Å²) >= 11 is 0. The van der Waals surface area contributed by atoms with Crippen molar-refractivity contribution in [3.8, 4) is 5.75 Å². The molecule has 1 aliphatic heterocycles. The number of benzene rings is 1. The first-order chi connectivity index (χ1) is 14.6. The summed E-state index contributed by atoms with van der Waals surface area (Å²) in [7, 11) is 0. The topological polar surface area (TPSA) is 110 Å². The number of aromatic nitrogens is 2. The number of aliphatic hydroxyl groups excluding tert-OH is 1. The molecular weight excluding hydrogens is 384 g/mol. The molecule has 0 bridgehead atoms. The summed E-state index contributed by atoms with van der Waals surface area (Å²) in [5.74, 6) is 1.24. The van der Waals surface area contributed by atoms with Crippen LogP contribution in [0.2, 0.25) is 0 Å². The molecule has 0 aliphatic carbocycles. The van der Waals surface area contributed by atoms with Crippen LogP contribution >= 0.6 is 0 Å². The zero-order chi connectivity index (χ0) is 20.9. The van der Waals surface area contributed by atoms with Crippen LogP contribution in [0.15, 0.2) is 53.5 Å². The molecule has 1 amide bonds. The van der Waals surface area contributed by atoms with Crippen molar-refractivity contribution in [2.45, 2.75) is 38.6 Å². The van der Waals surface area contributed by atoms with Gasteiger partial charge in [-0.3, -0.25) is 9.78 Å². The van der Waals surface area contributed by atoms with Gasteiger partial charge in [-0.25, -0.2) is 4.98 Å². The van der Waals surface area contributed by atoms with Crippen LogP contribution in [0.5, 0.6) is 5.75 Å². The van der Waals surface area contributed by atoms with E-state index < -0.39 is 6.10 Å². The Morgan fingerprint density at radius 2 is 2.17 bits per heavy atom. The van der Waals surface area contributed by atoms with Crippen molar-refractivity contribution in [1.82, 2.24) is 20.6 Å². The Morgan fingerprint density at radius 3 is 2.93 bits per heavy atom. The van der Waals surface area contributed by atoms with Gasteiger partial charge in [0.25, 0.3) is 5.91 Å². The van der Waals surface area contributed by atoms with E-state index in [4.69, 9.17) is 9.15 Å². The molecule has 1 aromatic carbocycles. The zero-order valence-corrected chi connectivity index (χ0v) is 16.7. The number of ether oxygens (including phenoxy) is 1. The van der Waals surface area contributed by atoms with Crippen molar-refractivity contribution in [2.24, 2.45) is 0 Å². The third-order valence-electron chi connectivity index (χ3n) is 5.27. The third-order valence-corrected chi connectivity index (χ3v) is 5.27. The number of pyridine rings is 1. The molecule has 8 nitrogen and oxygen atoms in total. The van der Waals surface area contributed by atoms with Crippen molar-refractivity contribution in [3.63, 3.8) is 0 Å². The molecule has 1 aliphatic rings. The predicted octanol–water partition coefficient (Wildman–Crippen LogP) is 1.76. The summed E-state index contributed by atoms with van der Waals surface area (Å²) in [6.45, 7) is 3.00. The van der Waals surface area contributed by atoms with Crippen LogP contribution in [0, 0.1) is 6.92 Å². The maximum atomic E-state index is 12.1. The number of nitrogens with one attached hydrogen (secondary N) is 2. The fourth-order valence-corrected chi connectivity index (χ4v) is 3.44. The number of rotatable bonds is 7. The lowest BCUT2D eigenvalue weighted by molar-refractivity contribution is 0.0869. The Labute approximate surface area is 174 Å². The van der Waals surface area contributed by atoms with Gasteiger partial charge in [0.2, 0.25) is 0 Å². The van der Waals surface area contributed by atoms with Crippen LogP contribution in [0.1, 0.15) is 32.9 Å². The fraction of sp³-hybridized carbons (Fsp3) is 0.318. The van der Waals surface area contributed by atoms with Gasteiger partial charge in [0, 0.05) is 37.1 Å². The second-order valence-corrected chi connectivity index (χ2v) is 7.28. The highest BCUT2D eigenvalue weighted by molar-refractivity contribution is 5.93. The van der Waals surface area contributed by atoms with Crippen LogP contribution in [-0.4, -0.2) is 39.7 Å². The molecule has 2 aromatic heterocycles. The van der Waals surface area contributed by atoms with Gasteiger partial charge >= 0.3 is 0 Å². The SMILES string of the molecule is Cc1ncoc1COc1ccc2c(c1)CN[C@H]([C@H](O)CNC(=O)c1ccncc1)C2. The zero-order valence-electron chi connectivity index (χ0n) is 16.7. The predicted molar refractivity (Wildman–Crippen MR) is 109 cm³/mol. The molecule has 3 heterocycles. The summed E-state index contributed by atoms with van der Waals surface area (Å²) < 4.78 is 11.1. The third kappa shape index (κ3) is 4.67. The van der Waals surface area contributed by atoms with Crippen LogP contribution < -0.4 is 15.4 Å². The number of carbonyl (C=O) groups excluding carboxylic acids is 1. The van der Waals surface area contributed by atoms with Crippen molar-refractivity contribution in [3.05, 3.63) is 77.3 Å². The van der Waals surface area contributed by atoms with E-state index in [1.54, 1.807) is 24.5 Å². The lowest BCUT2D eigenvalue weighted by Crippen LogP contribution is -2.49. The molecule has 156 valence electrons. The number of aliphatic hydroxyl groups is 1. The molecule has 0 saturated heterocycles. The largest absolute Gasteiger partial charge is 0.486 e. The Morgan fingerprint density at radius 1 is 1.33 bits per heavy atom. The van der Waals surface area contributed by atoms with Gasteiger partial charge in [0.05, 0.1) is 11.8 Å². The van der Waals surface area contributed by atoms with E-state index in [0.717, 1.165) is 22.6 Å². The molecule has 4 rings (SSSR count). The van der Waals surface area contributed by atoms with Gasteiger partial charge in [-0.1, -0.05) is 6.07 Å². The normalized spacial score (nSPS) is 16.5. The van der Waals surface area contributed by atoms with E-state index in [9.17, 15) is 9.90 Å². The first kappa shape index (κ1) is 20.1. The number of hydrogen-bond donors (Lipinski definition) is 3. The summed E-state index contributed by atoms with van der Waals surface area (Å²) in [4.78, 5) is 20.1. The Hall–Kier alpha value is -3.23. The summed E-state index contributed by atoms with van der Waals surface area (Å²) in [5, 5.41) is 16.7.